The lowest BCUT2D eigenvalue weighted by molar-refractivity contribution is -0.136. The molecule has 1 aliphatic rings. The zero-order chi connectivity index (χ0) is 13.8. The van der Waals surface area contributed by atoms with Gasteiger partial charge in [0.05, 0.1) is 6.04 Å². The number of amides is 1. The molecule has 1 atom stereocenters. The molecule has 0 saturated heterocycles. The standard InChI is InChI=1S/C14H18N2O3/c15-11-7-3-1-5-10-6-2-4-8-12(10)16(14(11)19)9-13(17)18/h2,4,6,8,11H,1,3,5,7,9,15H2,(H,17,18). The van der Waals surface area contributed by atoms with Gasteiger partial charge in [-0.15, -0.1) is 0 Å². The van der Waals surface area contributed by atoms with Gasteiger partial charge in [0.15, 0.2) is 0 Å². The molecule has 0 saturated carbocycles. The Kier molecular flexibility index (Phi) is 4.16. The quantitative estimate of drug-likeness (QED) is 0.837. The Balaban J connectivity index is 2.42. The Morgan fingerprint density at radius 2 is 2.11 bits per heavy atom. The summed E-state index contributed by atoms with van der Waals surface area (Å²) in [5.41, 5.74) is 7.54. The molecule has 1 aromatic rings. The summed E-state index contributed by atoms with van der Waals surface area (Å²) >= 11 is 0. The molecule has 5 heteroatoms. The molecule has 1 aromatic carbocycles. The first-order chi connectivity index (χ1) is 9.09. The summed E-state index contributed by atoms with van der Waals surface area (Å²) in [7, 11) is 0. The number of carbonyl (C=O) groups excluding carboxylic acids is 1. The highest BCUT2D eigenvalue weighted by Gasteiger charge is 2.26. The summed E-state index contributed by atoms with van der Waals surface area (Å²) in [6.45, 7) is -0.344. The minimum absolute atomic E-state index is 0.309. The Bertz CT molecular complexity index is 487. The maximum atomic E-state index is 12.3. The molecule has 0 aliphatic carbocycles. The summed E-state index contributed by atoms with van der Waals surface area (Å²) < 4.78 is 0. The van der Waals surface area contributed by atoms with Crippen molar-refractivity contribution >= 4 is 17.6 Å². The lowest BCUT2D eigenvalue weighted by Crippen LogP contribution is -2.46. The number of aliphatic carboxylic acids is 1. The van der Waals surface area contributed by atoms with Crippen LogP contribution < -0.4 is 10.6 Å². The van der Waals surface area contributed by atoms with Gasteiger partial charge in [-0.2, -0.15) is 0 Å². The number of carbonyl (C=O) groups is 2. The van der Waals surface area contributed by atoms with Gasteiger partial charge in [-0.1, -0.05) is 24.6 Å². The van der Waals surface area contributed by atoms with Gasteiger partial charge < -0.3 is 10.8 Å². The number of hydrogen-bond acceptors (Lipinski definition) is 3. The van der Waals surface area contributed by atoms with Crippen LogP contribution in [0.4, 0.5) is 5.69 Å². The number of rotatable bonds is 2. The van der Waals surface area contributed by atoms with E-state index in [9.17, 15) is 9.59 Å². The highest BCUT2D eigenvalue weighted by Crippen LogP contribution is 2.25. The predicted octanol–water partition coefficient (Wildman–Crippen LogP) is 1.16. The van der Waals surface area contributed by atoms with Gasteiger partial charge in [0.1, 0.15) is 6.54 Å². The fourth-order valence-corrected chi connectivity index (χ4v) is 2.41. The normalized spacial score (nSPS) is 20.2. The fraction of sp³-hybridized carbons (Fsp3) is 0.429. The maximum Gasteiger partial charge on any atom is 0.323 e. The molecule has 0 aromatic heterocycles. The third kappa shape index (κ3) is 3.12. The third-order valence-corrected chi connectivity index (χ3v) is 3.37. The Morgan fingerprint density at radius 1 is 1.37 bits per heavy atom. The molecule has 1 aliphatic heterocycles. The molecular formula is C14H18N2O3. The summed E-state index contributed by atoms with van der Waals surface area (Å²) in [4.78, 5) is 24.6. The monoisotopic (exact) mass is 262 g/mol. The second-order valence-corrected chi connectivity index (χ2v) is 4.80. The van der Waals surface area contributed by atoms with Crippen molar-refractivity contribution in [3.05, 3.63) is 29.8 Å². The molecule has 3 N–H and O–H groups in total. The van der Waals surface area contributed by atoms with Crippen molar-refractivity contribution in [1.29, 1.82) is 0 Å². The number of carboxylic acids is 1. The molecule has 1 unspecified atom stereocenters. The van der Waals surface area contributed by atoms with Crippen LogP contribution >= 0.6 is 0 Å². The molecule has 2 rings (SSSR count). The molecule has 0 bridgehead atoms. The number of anilines is 1. The van der Waals surface area contributed by atoms with Crippen molar-refractivity contribution in [2.75, 3.05) is 11.4 Å². The highest BCUT2D eigenvalue weighted by atomic mass is 16.4. The second kappa shape index (κ2) is 5.84. The van der Waals surface area contributed by atoms with Crippen LogP contribution in [0.5, 0.6) is 0 Å². The van der Waals surface area contributed by atoms with Crippen LogP contribution in [0.1, 0.15) is 24.8 Å². The minimum Gasteiger partial charge on any atom is -0.480 e. The Morgan fingerprint density at radius 3 is 2.84 bits per heavy atom. The first-order valence-corrected chi connectivity index (χ1v) is 6.46. The molecule has 1 amide bonds. The maximum absolute atomic E-state index is 12.3. The van der Waals surface area contributed by atoms with Crippen molar-refractivity contribution in [2.45, 2.75) is 31.7 Å². The number of nitrogens with zero attached hydrogens (tertiary/aromatic N) is 1. The number of benzene rings is 1. The molecule has 0 fully saturated rings. The second-order valence-electron chi connectivity index (χ2n) is 4.80. The SMILES string of the molecule is NC1CCCCc2ccccc2N(CC(=O)O)C1=O. The lowest BCUT2D eigenvalue weighted by atomic mass is 10.0. The Labute approximate surface area is 112 Å². The van der Waals surface area contributed by atoms with E-state index in [-0.39, 0.29) is 12.5 Å². The number of carboxylic acid groups (broad SMARTS) is 1. The molecule has 102 valence electrons. The van der Waals surface area contributed by atoms with Crippen LogP contribution in [-0.2, 0) is 16.0 Å². The molecule has 5 nitrogen and oxygen atoms in total. The number of aryl methyl sites for hydroxylation is 1. The van der Waals surface area contributed by atoms with E-state index in [4.69, 9.17) is 10.8 Å². The highest BCUT2D eigenvalue weighted by molar-refractivity contribution is 6.01. The summed E-state index contributed by atoms with van der Waals surface area (Å²) in [5.74, 6) is -1.34. The first-order valence-electron chi connectivity index (χ1n) is 6.46. The zero-order valence-electron chi connectivity index (χ0n) is 10.7. The smallest absolute Gasteiger partial charge is 0.323 e. The molecule has 0 spiro atoms. The van der Waals surface area contributed by atoms with E-state index in [1.54, 1.807) is 6.07 Å². The van der Waals surface area contributed by atoms with E-state index in [0.717, 1.165) is 24.8 Å². The lowest BCUT2D eigenvalue weighted by Gasteiger charge is -2.25. The van der Waals surface area contributed by atoms with Crippen molar-refractivity contribution in [1.82, 2.24) is 0 Å². The van der Waals surface area contributed by atoms with E-state index in [1.807, 2.05) is 18.2 Å². The van der Waals surface area contributed by atoms with Crippen LogP contribution in [-0.4, -0.2) is 29.6 Å². The fourth-order valence-electron chi connectivity index (χ4n) is 2.41. The van der Waals surface area contributed by atoms with Gasteiger partial charge in [0.25, 0.3) is 0 Å². The first kappa shape index (κ1) is 13.5. The van der Waals surface area contributed by atoms with Gasteiger partial charge >= 0.3 is 5.97 Å². The minimum atomic E-state index is -1.03. The van der Waals surface area contributed by atoms with Crippen LogP contribution in [0.2, 0.25) is 0 Å². The van der Waals surface area contributed by atoms with Crippen molar-refractivity contribution in [3.8, 4) is 0 Å². The average Bonchev–Trinajstić information content (AvgIpc) is 2.44. The largest absolute Gasteiger partial charge is 0.480 e. The predicted molar refractivity (Wildman–Crippen MR) is 72.0 cm³/mol. The molecule has 19 heavy (non-hydrogen) atoms. The van der Waals surface area contributed by atoms with Gasteiger partial charge in [-0.05, 0) is 30.9 Å². The molecular weight excluding hydrogens is 244 g/mol. The van der Waals surface area contributed by atoms with Crippen LogP contribution in [0, 0.1) is 0 Å². The summed E-state index contributed by atoms with van der Waals surface area (Å²) in [6, 6.07) is 6.82. The number of para-hydroxylation sites is 1. The van der Waals surface area contributed by atoms with Crippen molar-refractivity contribution in [3.63, 3.8) is 0 Å². The van der Waals surface area contributed by atoms with Gasteiger partial charge in [-0.3, -0.25) is 14.5 Å². The van der Waals surface area contributed by atoms with Gasteiger partial charge in [-0.25, -0.2) is 0 Å². The van der Waals surface area contributed by atoms with Crippen LogP contribution in [0.3, 0.4) is 0 Å². The van der Waals surface area contributed by atoms with Crippen molar-refractivity contribution in [2.24, 2.45) is 5.73 Å². The average molecular weight is 262 g/mol. The van der Waals surface area contributed by atoms with E-state index in [1.165, 1.54) is 4.90 Å². The number of fused-ring (bicyclic) bond motifs is 1. The van der Waals surface area contributed by atoms with Gasteiger partial charge in [0.2, 0.25) is 5.91 Å². The van der Waals surface area contributed by atoms with Crippen molar-refractivity contribution < 1.29 is 14.7 Å². The molecule has 0 radical (unpaired) electrons. The third-order valence-electron chi connectivity index (χ3n) is 3.37. The van der Waals surface area contributed by atoms with E-state index >= 15 is 0 Å². The van der Waals surface area contributed by atoms with E-state index in [0.29, 0.717) is 12.1 Å². The van der Waals surface area contributed by atoms with E-state index in [2.05, 4.69) is 0 Å². The summed E-state index contributed by atoms with van der Waals surface area (Å²) in [6.07, 6.45) is 3.27. The number of hydrogen-bond donors (Lipinski definition) is 2. The summed E-state index contributed by atoms with van der Waals surface area (Å²) in [5, 5.41) is 8.99. The van der Waals surface area contributed by atoms with Gasteiger partial charge in [0, 0.05) is 5.69 Å². The van der Waals surface area contributed by atoms with E-state index < -0.39 is 12.0 Å². The molecule has 1 heterocycles. The topological polar surface area (TPSA) is 83.6 Å². The van der Waals surface area contributed by atoms with Crippen LogP contribution in [0.15, 0.2) is 24.3 Å². The van der Waals surface area contributed by atoms with Crippen LogP contribution in [0.25, 0.3) is 0 Å². The zero-order valence-corrected chi connectivity index (χ0v) is 10.7. The number of nitrogens with two attached hydrogens (primary N) is 1. The Hall–Kier alpha value is -1.88.